The molecule has 0 aliphatic heterocycles. The van der Waals surface area contributed by atoms with Crippen LogP contribution in [0.15, 0.2) is 189 Å². The minimum atomic E-state index is 0.850. The largest absolute Gasteiger partial charge is 0.456 e. The summed E-state index contributed by atoms with van der Waals surface area (Å²) in [5.74, 6) is 0. The van der Waals surface area contributed by atoms with E-state index in [9.17, 15) is 0 Å². The number of benzene rings is 8. The number of furan rings is 3. The molecular formula is C48H29NO3. The lowest BCUT2D eigenvalue weighted by atomic mass is 9.97. The van der Waals surface area contributed by atoms with Crippen molar-refractivity contribution in [1.29, 1.82) is 0 Å². The Hall–Kier alpha value is -7.04. The highest BCUT2D eigenvalue weighted by Crippen LogP contribution is 2.44. The van der Waals surface area contributed by atoms with Crippen LogP contribution in [0, 0.1) is 0 Å². The molecule has 3 aromatic heterocycles. The number of hydrogen-bond donors (Lipinski definition) is 0. The second kappa shape index (κ2) is 11.2. The van der Waals surface area contributed by atoms with Gasteiger partial charge in [0.15, 0.2) is 5.58 Å². The van der Waals surface area contributed by atoms with Gasteiger partial charge in [-0.3, -0.25) is 0 Å². The molecule has 11 aromatic rings. The molecule has 4 nitrogen and oxygen atoms in total. The molecule has 0 radical (unpaired) electrons. The summed E-state index contributed by atoms with van der Waals surface area (Å²) in [7, 11) is 0. The molecular weight excluding hydrogens is 639 g/mol. The van der Waals surface area contributed by atoms with E-state index in [0.29, 0.717) is 0 Å². The molecule has 0 bridgehead atoms. The molecule has 52 heavy (non-hydrogen) atoms. The summed E-state index contributed by atoms with van der Waals surface area (Å²) in [5, 5.41) is 6.58. The number of rotatable bonds is 5. The quantitative estimate of drug-likeness (QED) is 0.183. The van der Waals surface area contributed by atoms with Crippen molar-refractivity contribution in [3.63, 3.8) is 0 Å². The smallest absolute Gasteiger partial charge is 0.159 e. The average molecular weight is 668 g/mol. The Morgan fingerprint density at radius 2 is 0.904 bits per heavy atom. The minimum absolute atomic E-state index is 0.850. The van der Waals surface area contributed by atoms with Crippen molar-refractivity contribution in [2.24, 2.45) is 0 Å². The fourth-order valence-electron chi connectivity index (χ4n) is 7.86. The normalized spacial score (nSPS) is 11.8. The lowest BCUT2D eigenvalue weighted by Crippen LogP contribution is -2.09. The zero-order valence-corrected chi connectivity index (χ0v) is 27.9. The summed E-state index contributed by atoms with van der Waals surface area (Å²) in [6, 6.07) is 61.2. The highest BCUT2D eigenvalue weighted by molar-refractivity contribution is 6.15. The Kier molecular flexibility index (Phi) is 6.22. The maximum absolute atomic E-state index is 6.64. The molecule has 0 fully saturated rings. The third-order valence-corrected chi connectivity index (χ3v) is 10.3. The Morgan fingerprint density at radius 1 is 0.327 bits per heavy atom. The molecule has 11 rings (SSSR count). The van der Waals surface area contributed by atoms with Crippen LogP contribution in [0.25, 0.3) is 88.1 Å². The SMILES string of the molecule is c1ccc(N(c2ccccc2)c2cccc3c2oc2ccc(-c4ccc5c(c4)oc4cccc(-c6ccc7c(c6)oc6ccccc67)c45)cc23)cc1. The summed E-state index contributed by atoms with van der Waals surface area (Å²) in [6.45, 7) is 0. The molecule has 4 heteroatoms. The molecule has 0 amide bonds. The van der Waals surface area contributed by atoms with Crippen molar-refractivity contribution in [1.82, 2.24) is 0 Å². The molecule has 0 aliphatic rings. The molecule has 0 unspecified atom stereocenters. The van der Waals surface area contributed by atoms with Crippen LogP contribution in [0.4, 0.5) is 17.1 Å². The van der Waals surface area contributed by atoms with Crippen LogP contribution in [0.5, 0.6) is 0 Å². The fraction of sp³-hybridized carbons (Fsp3) is 0. The highest BCUT2D eigenvalue weighted by atomic mass is 16.3. The van der Waals surface area contributed by atoms with Gasteiger partial charge in [-0.1, -0.05) is 97.1 Å². The predicted molar refractivity (Wildman–Crippen MR) is 214 cm³/mol. The van der Waals surface area contributed by atoms with Crippen LogP contribution < -0.4 is 4.90 Å². The minimum Gasteiger partial charge on any atom is -0.456 e. The molecule has 244 valence electrons. The number of fused-ring (bicyclic) bond motifs is 9. The van der Waals surface area contributed by atoms with Gasteiger partial charge in [-0.15, -0.1) is 0 Å². The van der Waals surface area contributed by atoms with Crippen molar-refractivity contribution < 1.29 is 13.3 Å². The van der Waals surface area contributed by atoms with Gasteiger partial charge in [0.1, 0.15) is 27.9 Å². The molecule has 0 saturated carbocycles. The monoisotopic (exact) mass is 667 g/mol. The molecule has 0 N–H and O–H groups in total. The number of para-hydroxylation sites is 4. The maximum Gasteiger partial charge on any atom is 0.159 e. The zero-order chi connectivity index (χ0) is 34.2. The van der Waals surface area contributed by atoms with E-state index in [0.717, 1.165) is 105 Å². The lowest BCUT2D eigenvalue weighted by molar-refractivity contribution is 0.668. The van der Waals surface area contributed by atoms with Gasteiger partial charge in [-0.05, 0) is 101 Å². The topological polar surface area (TPSA) is 42.7 Å². The number of hydrogen-bond acceptors (Lipinski definition) is 4. The van der Waals surface area contributed by atoms with Crippen molar-refractivity contribution in [2.75, 3.05) is 4.90 Å². The van der Waals surface area contributed by atoms with Gasteiger partial charge < -0.3 is 18.2 Å². The van der Waals surface area contributed by atoms with E-state index < -0.39 is 0 Å². The van der Waals surface area contributed by atoms with Crippen LogP contribution in [0.1, 0.15) is 0 Å². The maximum atomic E-state index is 6.64. The van der Waals surface area contributed by atoms with E-state index in [4.69, 9.17) is 13.3 Å². The van der Waals surface area contributed by atoms with E-state index >= 15 is 0 Å². The standard InChI is InChI=1S/C48H29NO3/c1-3-11-33(12-4-1)49(34-13-5-2-6-14-34)41-18-9-17-38-40-27-30(23-26-43(40)52-48(38)41)31-21-25-39-46(28-31)51-44-20-10-16-35(47(39)44)32-22-24-37-36-15-7-8-19-42(36)50-45(37)29-32/h1-29H. The van der Waals surface area contributed by atoms with Gasteiger partial charge in [0.05, 0.1) is 5.69 Å². The molecule has 3 heterocycles. The zero-order valence-electron chi connectivity index (χ0n) is 27.9. The van der Waals surface area contributed by atoms with E-state index in [-0.39, 0.29) is 0 Å². The van der Waals surface area contributed by atoms with Crippen molar-refractivity contribution >= 4 is 82.9 Å². The van der Waals surface area contributed by atoms with Crippen LogP contribution in [0.3, 0.4) is 0 Å². The third-order valence-electron chi connectivity index (χ3n) is 10.3. The van der Waals surface area contributed by atoms with Crippen LogP contribution >= 0.6 is 0 Å². The molecule has 0 atom stereocenters. The van der Waals surface area contributed by atoms with Gasteiger partial charge in [-0.2, -0.15) is 0 Å². The van der Waals surface area contributed by atoms with Crippen molar-refractivity contribution in [3.05, 3.63) is 176 Å². The summed E-state index contributed by atoms with van der Waals surface area (Å²) >= 11 is 0. The van der Waals surface area contributed by atoms with E-state index in [1.807, 2.05) is 30.3 Å². The first-order valence-electron chi connectivity index (χ1n) is 17.5. The Balaban J connectivity index is 1.02. The molecule has 8 aromatic carbocycles. The van der Waals surface area contributed by atoms with Crippen LogP contribution in [-0.4, -0.2) is 0 Å². The summed E-state index contributed by atoms with van der Waals surface area (Å²) in [4.78, 5) is 2.25. The van der Waals surface area contributed by atoms with Crippen molar-refractivity contribution in [2.45, 2.75) is 0 Å². The van der Waals surface area contributed by atoms with Gasteiger partial charge in [0.2, 0.25) is 0 Å². The summed E-state index contributed by atoms with van der Waals surface area (Å²) in [5.41, 5.74) is 12.7. The van der Waals surface area contributed by atoms with Crippen LogP contribution in [0.2, 0.25) is 0 Å². The number of nitrogens with zero attached hydrogens (tertiary/aromatic N) is 1. The Bertz CT molecular complexity index is 3090. The third kappa shape index (κ3) is 4.41. The molecule has 0 spiro atoms. The first kappa shape index (κ1) is 28.8. The van der Waals surface area contributed by atoms with Gasteiger partial charge in [0.25, 0.3) is 0 Å². The second-order valence-corrected chi connectivity index (χ2v) is 13.3. The highest BCUT2D eigenvalue weighted by Gasteiger charge is 2.20. The van der Waals surface area contributed by atoms with Gasteiger partial charge >= 0.3 is 0 Å². The fourth-order valence-corrected chi connectivity index (χ4v) is 7.86. The number of anilines is 3. The second-order valence-electron chi connectivity index (χ2n) is 13.3. The lowest BCUT2D eigenvalue weighted by Gasteiger charge is -2.25. The average Bonchev–Trinajstić information content (AvgIpc) is 3.89. The van der Waals surface area contributed by atoms with Gasteiger partial charge in [0, 0.05) is 43.7 Å². The summed E-state index contributed by atoms with van der Waals surface area (Å²) < 4.78 is 19.4. The predicted octanol–water partition coefficient (Wildman–Crippen LogP) is 14.2. The van der Waals surface area contributed by atoms with E-state index in [1.165, 1.54) is 0 Å². The van der Waals surface area contributed by atoms with Crippen molar-refractivity contribution in [3.8, 4) is 22.3 Å². The summed E-state index contributed by atoms with van der Waals surface area (Å²) in [6.07, 6.45) is 0. The Labute approximate surface area is 298 Å². The molecule has 0 saturated heterocycles. The Morgan fingerprint density at radius 3 is 1.75 bits per heavy atom. The molecule has 0 aliphatic carbocycles. The van der Waals surface area contributed by atoms with E-state index in [1.54, 1.807) is 0 Å². The van der Waals surface area contributed by atoms with Crippen LogP contribution in [-0.2, 0) is 0 Å². The van der Waals surface area contributed by atoms with Gasteiger partial charge in [-0.25, -0.2) is 0 Å². The first-order valence-corrected chi connectivity index (χ1v) is 17.5. The van der Waals surface area contributed by atoms with E-state index in [2.05, 4.69) is 150 Å². The first-order chi connectivity index (χ1) is 25.8.